The lowest BCUT2D eigenvalue weighted by molar-refractivity contribution is -0.149. The number of hydrazone groups is 1. The molecule has 1 amide bonds. The molecule has 34 heavy (non-hydrogen) atoms. The molecule has 1 fully saturated rings. The van der Waals surface area contributed by atoms with Gasteiger partial charge >= 0.3 is 5.97 Å². The minimum Gasteiger partial charge on any atom is -0.466 e. The van der Waals surface area contributed by atoms with Crippen LogP contribution in [0.3, 0.4) is 0 Å². The predicted octanol–water partition coefficient (Wildman–Crippen LogP) is 4.56. The Morgan fingerprint density at radius 2 is 1.68 bits per heavy atom. The molecule has 0 saturated carbocycles. The van der Waals surface area contributed by atoms with Crippen molar-refractivity contribution in [2.75, 3.05) is 26.2 Å². The van der Waals surface area contributed by atoms with E-state index in [1.165, 1.54) is 16.7 Å². The zero-order valence-corrected chi connectivity index (χ0v) is 20.7. The molecule has 1 atom stereocenters. The maximum absolute atomic E-state index is 13.5. The first kappa shape index (κ1) is 24.1. The van der Waals surface area contributed by atoms with E-state index in [4.69, 9.17) is 9.84 Å². The standard InChI is InChI=1S/C28H35N3O3/c1-5-34-28(33)23-12-14-30(15-13-23)18-27(32)31-26(22-10-7-19(2)8-11-22)17-25(29-31)24-16-20(3)6-9-21(24)4/h6-11,16,23,26H,5,12-15,17-18H2,1-4H3/t26-/m0/s1. The minimum atomic E-state index is -0.116. The lowest BCUT2D eigenvalue weighted by Gasteiger charge is -2.32. The smallest absolute Gasteiger partial charge is 0.309 e. The lowest BCUT2D eigenvalue weighted by Crippen LogP contribution is -2.43. The summed E-state index contributed by atoms with van der Waals surface area (Å²) < 4.78 is 5.17. The van der Waals surface area contributed by atoms with Gasteiger partial charge in [0.25, 0.3) is 5.91 Å². The summed E-state index contributed by atoms with van der Waals surface area (Å²) in [6.07, 6.45) is 2.15. The van der Waals surface area contributed by atoms with Crippen molar-refractivity contribution in [3.63, 3.8) is 0 Å². The Labute approximate surface area is 202 Å². The monoisotopic (exact) mass is 461 g/mol. The van der Waals surface area contributed by atoms with E-state index in [9.17, 15) is 9.59 Å². The van der Waals surface area contributed by atoms with E-state index in [-0.39, 0.29) is 23.8 Å². The average Bonchev–Trinajstić information content (AvgIpc) is 3.27. The Morgan fingerprint density at radius 3 is 2.35 bits per heavy atom. The van der Waals surface area contributed by atoms with Crippen LogP contribution in [-0.2, 0) is 14.3 Å². The summed E-state index contributed by atoms with van der Waals surface area (Å²) in [5, 5.41) is 6.57. The minimum absolute atomic E-state index is 0.000431. The van der Waals surface area contributed by atoms with Gasteiger partial charge in [-0.15, -0.1) is 0 Å². The van der Waals surface area contributed by atoms with E-state index < -0.39 is 0 Å². The van der Waals surface area contributed by atoms with Crippen molar-refractivity contribution in [2.45, 2.75) is 53.0 Å². The van der Waals surface area contributed by atoms with Crippen LogP contribution in [0.25, 0.3) is 0 Å². The maximum atomic E-state index is 13.5. The van der Waals surface area contributed by atoms with Crippen molar-refractivity contribution in [3.8, 4) is 0 Å². The fourth-order valence-corrected chi connectivity index (χ4v) is 4.85. The van der Waals surface area contributed by atoms with Gasteiger partial charge in [-0.25, -0.2) is 5.01 Å². The average molecular weight is 462 g/mol. The Kier molecular flexibility index (Phi) is 7.47. The normalized spacial score (nSPS) is 19.2. The fourth-order valence-electron chi connectivity index (χ4n) is 4.85. The van der Waals surface area contributed by atoms with Crippen LogP contribution in [0.4, 0.5) is 0 Å². The van der Waals surface area contributed by atoms with Gasteiger partial charge in [0.2, 0.25) is 0 Å². The molecule has 0 N–H and O–H groups in total. The van der Waals surface area contributed by atoms with Crippen molar-refractivity contribution in [3.05, 3.63) is 70.3 Å². The van der Waals surface area contributed by atoms with Crippen LogP contribution in [-0.4, -0.2) is 53.7 Å². The highest BCUT2D eigenvalue weighted by atomic mass is 16.5. The molecule has 0 bridgehead atoms. The van der Waals surface area contributed by atoms with Gasteiger partial charge in [0.1, 0.15) is 0 Å². The van der Waals surface area contributed by atoms with Gasteiger partial charge in [0, 0.05) is 12.0 Å². The van der Waals surface area contributed by atoms with Crippen LogP contribution >= 0.6 is 0 Å². The van der Waals surface area contributed by atoms with Gasteiger partial charge in [-0.2, -0.15) is 5.10 Å². The van der Waals surface area contributed by atoms with Crippen molar-refractivity contribution >= 4 is 17.6 Å². The maximum Gasteiger partial charge on any atom is 0.309 e. The van der Waals surface area contributed by atoms with Gasteiger partial charge in [-0.1, -0.05) is 47.5 Å². The highest BCUT2D eigenvalue weighted by molar-refractivity contribution is 6.04. The summed E-state index contributed by atoms with van der Waals surface area (Å²) in [6.45, 7) is 10.2. The first-order valence-electron chi connectivity index (χ1n) is 12.3. The van der Waals surface area contributed by atoms with Crippen LogP contribution in [0.1, 0.15) is 60.0 Å². The van der Waals surface area contributed by atoms with Gasteiger partial charge in [-0.3, -0.25) is 14.5 Å². The van der Waals surface area contributed by atoms with Gasteiger partial charge in [0.05, 0.1) is 30.8 Å². The Hall–Kier alpha value is -2.99. The predicted molar refractivity (Wildman–Crippen MR) is 134 cm³/mol. The summed E-state index contributed by atoms with van der Waals surface area (Å²) in [7, 11) is 0. The Bertz CT molecular complexity index is 1070. The molecule has 0 radical (unpaired) electrons. The third-order valence-electron chi connectivity index (χ3n) is 6.90. The van der Waals surface area contributed by atoms with Crippen molar-refractivity contribution < 1.29 is 14.3 Å². The second-order valence-electron chi connectivity index (χ2n) is 9.54. The van der Waals surface area contributed by atoms with Crippen molar-refractivity contribution in [1.82, 2.24) is 9.91 Å². The number of hydrogen-bond donors (Lipinski definition) is 0. The third kappa shape index (κ3) is 5.39. The number of rotatable bonds is 6. The van der Waals surface area contributed by atoms with Crippen LogP contribution in [0.15, 0.2) is 47.6 Å². The van der Waals surface area contributed by atoms with E-state index in [2.05, 4.69) is 68.1 Å². The van der Waals surface area contributed by atoms with Crippen LogP contribution in [0.2, 0.25) is 0 Å². The Morgan fingerprint density at radius 1 is 1.00 bits per heavy atom. The zero-order valence-electron chi connectivity index (χ0n) is 20.7. The molecule has 6 nitrogen and oxygen atoms in total. The number of esters is 1. The number of carbonyl (C=O) groups is 2. The number of piperidine rings is 1. The molecule has 0 unspecified atom stereocenters. The highest BCUT2D eigenvalue weighted by Crippen LogP contribution is 2.34. The van der Waals surface area contributed by atoms with Gasteiger partial charge < -0.3 is 4.74 Å². The zero-order chi connectivity index (χ0) is 24.2. The molecule has 4 rings (SSSR count). The quantitative estimate of drug-likeness (QED) is 0.592. The molecule has 180 valence electrons. The second kappa shape index (κ2) is 10.5. The number of aryl methyl sites for hydroxylation is 3. The first-order chi connectivity index (χ1) is 16.4. The number of likely N-dealkylation sites (tertiary alicyclic amines) is 1. The number of amides is 1. The SMILES string of the molecule is CCOC(=O)C1CCN(CC(=O)N2N=C(c3cc(C)ccc3C)C[C@H]2c2ccc(C)cc2)CC1. The lowest BCUT2D eigenvalue weighted by atomic mass is 9.94. The number of hydrogen-bond acceptors (Lipinski definition) is 5. The molecule has 1 saturated heterocycles. The highest BCUT2D eigenvalue weighted by Gasteiger charge is 2.35. The summed E-state index contributed by atoms with van der Waals surface area (Å²) in [5.74, 6) is -0.178. The molecular formula is C28H35N3O3. The van der Waals surface area contributed by atoms with Crippen molar-refractivity contribution in [2.24, 2.45) is 11.0 Å². The van der Waals surface area contributed by atoms with Crippen molar-refractivity contribution in [1.29, 1.82) is 0 Å². The summed E-state index contributed by atoms with van der Waals surface area (Å²) in [5.41, 5.74) is 6.72. The topological polar surface area (TPSA) is 62.2 Å². The van der Waals surface area contributed by atoms with E-state index in [0.29, 0.717) is 32.7 Å². The van der Waals surface area contributed by atoms with E-state index in [1.807, 2.05) is 6.92 Å². The first-order valence-corrected chi connectivity index (χ1v) is 12.3. The van der Waals surface area contributed by atoms with Crippen LogP contribution in [0.5, 0.6) is 0 Å². The summed E-state index contributed by atoms with van der Waals surface area (Å²) in [4.78, 5) is 27.7. The second-order valence-corrected chi connectivity index (χ2v) is 9.54. The summed E-state index contributed by atoms with van der Waals surface area (Å²) in [6, 6.07) is 14.7. The van der Waals surface area contributed by atoms with Gasteiger partial charge in [0.15, 0.2) is 0 Å². The number of carbonyl (C=O) groups excluding carboxylic acids is 2. The Balaban J connectivity index is 1.52. The largest absolute Gasteiger partial charge is 0.466 e. The number of benzene rings is 2. The third-order valence-corrected chi connectivity index (χ3v) is 6.90. The molecule has 0 aliphatic carbocycles. The molecule has 2 heterocycles. The van der Waals surface area contributed by atoms with E-state index in [1.54, 1.807) is 5.01 Å². The summed E-state index contributed by atoms with van der Waals surface area (Å²) >= 11 is 0. The molecule has 2 aromatic rings. The number of nitrogens with zero attached hydrogens (tertiary/aromatic N) is 3. The number of ether oxygens (including phenoxy) is 1. The van der Waals surface area contributed by atoms with E-state index >= 15 is 0 Å². The molecule has 6 heteroatoms. The van der Waals surface area contributed by atoms with Gasteiger partial charge in [-0.05, 0) is 70.8 Å². The molecule has 2 aromatic carbocycles. The molecular weight excluding hydrogens is 426 g/mol. The molecule has 0 spiro atoms. The molecule has 2 aliphatic rings. The fraction of sp³-hybridized carbons (Fsp3) is 0.464. The molecule has 2 aliphatic heterocycles. The molecule has 0 aromatic heterocycles. The van der Waals surface area contributed by atoms with E-state index in [0.717, 1.165) is 29.7 Å². The van der Waals surface area contributed by atoms with Crippen LogP contribution in [0, 0.1) is 26.7 Å². The van der Waals surface area contributed by atoms with Crippen LogP contribution < -0.4 is 0 Å².